The van der Waals surface area contributed by atoms with Crippen molar-refractivity contribution in [2.45, 2.75) is 0 Å². The van der Waals surface area contributed by atoms with E-state index in [-0.39, 0.29) is 0 Å². The van der Waals surface area contributed by atoms with Crippen molar-refractivity contribution in [2.75, 3.05) is 0 Å². The van der Waals surface area contributed by atoms with Gasteiger partial charge < -0.3 is 35.9 Å². The summed E-state index contributed by atoms with van der Waals surface area (Å²) in [5, 5.41) is 9.02. The van der Waals surface area contributed by atoms with Crippen LogP contribution < -0.4 is 0 Å². The molecule has 0 saturated heterocycles. The first-order chi connectivity index (χ1) is 55.5. The van der Waals surface area contributed by atoms with E-state index in [4.69, 9.17) is 37.6 Å². The molecule has 0 amide bonds. The van der Waals surface area contributed by atoms with Gasteiger partial charge in [-0.05, 0) is 204 Å². The molecule has 0 spiro atoms. The van der Waals surface area contributed by atoms with Crippen LogP contribution in [0.2, 0.25) is 0 Å². The van der Waals surface area contributed by atoms with Crippen molar-refractivity contribution in [3.05, 3.63) is 352 Å². The van der Waals surface area contributed by atoms with Crippen LogP contribution in [-0.4, -0.2) is 38.2 Å². The number of oxazole rings is 4. The van der Waals surface area contributed by atoms with Gasteiger partial charge in [-0.25, -0.2) is 19.9 Å². The Bertz CT molecular complexity index is 7900. The number of nitrogens with zero attached hydrogens (tertiary/aromatic N) is 8. The van der Waals surface area contributed by atoms with Crippen LogP contribution in [-0.2, 0) is 0 Å². The van der Waals surface area contributed by atoms with Crippen molar-refractivity contribution in [3.63, 3.8) is 0 Å². The fourth-order valence-electron chi connectivity index (χ4n) is 17.4. The first-order valence-corrected chi connectivity index (χ1v) is 37.5. The lowest BCUT2D eigenvalue weighted by molar-refractivity contribution is 0.619. The Morgan fingerprint density at radius 3 is 1.12 bits per heavy atom. The fourth-order valence-corrected chi connectivity index (χ4v) is 17.4. The highest BCUT2D eigenvalue weighted by Crippen LogP contribution is 2.45. The lowest BCUT2D eigenvalue weighted by Crippen LogP contribution is -1.96. The quantitative estimate of drug-likeness (QED) is 0.125. The van der Waals surface area contributed by atoms with Gasteiger partial charge in [-0.15, -0.1) is 0 Å². The third kappa shape index (κ3) is 9.55. The van der Waals surface area contributed by atoms with Gasteiger partial charge in [0.05, 0.1) is 44.1 Å². The molecule has 0 saturated carbocycles. The third-order valence-electron chi connectivity index (χ3n) is 22.5. The van der Waals surface area contributed by atoms with Crippen molar-refractivity contribution in [1.82, 2.24) is 38.2 Å². The molecular weight excluding hydrogens is 1380 g/mol. The van der Waals surface area contributed by atoms with Gasteiger partial charge >= 0.3 is 0 Å². The van der Waals surface area contributed by atoms with Crippen LogP contribution in [0.5, 0.6) is 0 Å². The summed E-state index contributed by atoms with van der Waals surface area (Å²) in [6.45, 7) is 0. The molecule has 0 atom stereocenters. The zero-order chi connectivity index (χ0) is 73.2. The van der Waals surface area contributed by atoms with Crippen molar-refractivity contribution in [1.29, 1.82) is 0 Å². The predicted octanol–water partition coefficient (Wildman–Crippen LogP) is 26.3. The van der Waals surface area contributed by atoms with Gasteiger partial charge in [0.2, 0.25) is 23.6 Å². The molecule has 0 N–H and O–H groups in total. The Balaban J connectivity index is 0.581. The summed E-state index contributed by atoms with van der Waals surface area (Å²) in [7, 11) is 0. The van der Waals surface area contributed by atoms with E-state index in [0.29, 0.717) is 40.2 Å². The molecule has 0 aliphatic rings. The van der Waals surface area contributed by atoms with Crippen LogP contribution in [0, 0.1) is 0 Å². The van der Waals surface area contributed by atoms with Crippen LogP contribution in [0.1, 0.15) is 0 Å². The Morgan fingerprint density at radius 1 is 0.188 bits per heavy atom. The summed E-state index contributed by atoms with van der Waals surface area (Å²) < 4.78 is 35.9. The second-order valence-corrected chi connectivity index (χ2v) is 28.9. The number of aromatic nitrogens is 8. The van der Waals surface area contributed by atoms with Crippen LogP contribution in [0.25, 0.3) is 234 Å². The van der Waals surface area contributed by atoms with Crippen molar-refractivity contribution < 1.29 is 17.7 Å². The molecular formula is C100H58N8O4. The maximum absolute atomic E-state index is 6.98. The van der Waals surface area contributed by atoms with E-state index in [2.05, 4.69) is 303 Å². The molecule has 24 rings (SSSR count). The predicted molar refractivity (Wildman–Crippen MR) is 452 cm³/mol. The molecule has 112 heavy (non-hydrogen) atoms. The van der Waals surface area contributed by atoms with E-state index in [1.54, 1.807) is 0 Å². The molecule has 0 fully saturated rings. The first kappa shape index (κ1) is 61.7. The molecule has 8 heterocycles. The van der Waals surface area contributed by atoms with E-state index in [0.717, 1.165) is 150 Å². The van der Waals surface area contributed by atoms with E-state index in [1.807, 2.05) is 66.7 Å². The molecule has 12 heteroatoms. The van der Waals surface area contributed by atoms with E-state index in [9.17, 15) is 0 Å². The highest BCUT2D eigenvalue weighted by molar-refractivity contribution is 6.16. The Labute approximate surface area is 637 Å². The minimum absolute atomic E-state index is 0.503. The lowest BCUT2D eigenvalue weighted by atomic mass is 10.0. The summed E-state index contributed by atoms with van der Waals surface area (Å²) in [5.74, 6) is 2.12. The maximum atomic E-state index is 6.98. The summed E-state index contributed by atoms with van der Waals surface area (Å²) in [5.41, 5.74) is 28.7. The largest absolute Gasteiger partial charge is 0.436 e. The number of fused-ring (bicyclic) bond motifs is 16. The van der Waals surface area contributed by atoms with Crippen LogP contribution >= 0.6 is 0 Å². The maximum Gasteiger partial charge on any atom is 0.227 e. The molecule has 12 nitrogen and oxygen atoms in total. The Kier molecular flexibility index (Phi) is 13.3. The van der Waals surface area contributed by atoms with Crippen LogP contribution in [0.3, 0.4) is 0 Å². The number of para-hydroxylation sites is 10. The number of hydrogen-bond acceptors (Lipinski definition) is 8. The lowest BCUT2D eigenvalue weighted by Gasteiger charge is -2.13. The number of benzene rings is 16. The highest BCUT2D eigenvalue weighted by Gasteiger charge is 2.25. The van der Waals surface area contributed by atoms with Gasteiger partial charge in [0.15, 0.2) is 22.3 Å². The minimum Gasteiger partial charge on any atom is -0.436 e. The zero-order valence-corrected chi connectivity index (χ0v) is 59.7. The second-order valence-electron chi connectivity index (χ2n) is 28.9. The zero-order valence-electron chi connectivity index (χ0n) is 59.7. The summed E-state index contributed by atoms with van der Waals surface area (Å²) >= 11 is 0. The van der Waals surface area contributed by atoms with Gasteiger partial charge in [-0.3, -0.25) is 0 Å². The summed E-state index contributed by atoms with van der Waals surface area (Å²) in [4.78, 5) is 20.3. The molecule has 0 aliphatic heterocycles. The van der Waals surface area contributed by atoms with E-state index >= 15 is 0 Å². The van der Waals surface area contributed by atoms with Gasteiger partial charge in [-0.1, -0.05) is 170 Å². The van der Waals surface area contributed by atoms with E-state index < -0.39 is 0 Å². The normalized spacial score (nSPS) is 12.1. The standard InChI is InChI=1S/C100H58N8O4/c1-2-18-67(19-3-1)108-87-32-11-6-23-75(87)76-26-15-24-71(95(76)108)60-37-46-69(47-38-60)106-88-48-39-63(97-101-81-27-7-12-33-92(81)109-97)54-77(88)78-56-65(40-49-89(78)106)99-104-84-58-62(43-52-94(84)111-99)72-25-16-29-83-96(72)112-100(103-83)66-42-51-91-80(57-66)79-55-64(98-102-82-28-8-13-34-93(82)110-98)41-50-90(79)107(91)70-20-14-17-61(53-70)59-35-44-68(45-36-59)105-85-30-9-4-21-73(85)74-22-5-10-31-86(74)105/h1-58H. The topological polar surface area (TPSA) is 124 Å². The SMILES string of the molecule is c1ccc(-n2c3ccccc3c3cccc(-c4ccc(-n5c6ccc(-c7nc8ccccc8o7)cc6c6cc(-c7nc8cc(-c9cccc%10nc(-c%11ccc%12c(c%11)c%11cc(-c%13nc%14ccccc%14o%13)ccc%11n%12-c%11cccc(-c%12ccc(-n%13c%14ccccc%14c%14ccccc%14%13)cc%12)c%11)oc9%10)ccc8o7)ccc65)cc4)c32)cc1. The molecule has 8 aromatic heterocycles. The first-order valence-electron chi connectivity index (χ1n) is 37.5. The molecule has 0 unspecified atom stereocenters. The third-order valence-corrected chi connectivity index (χ3v) is 22.5. The molecule has 24 aromatic rings. The second kappa shape index (κ2) is 24.1. The molecule has 0 bridgehead atoms. The highest BCUT2D eigenvalue weighted by atomic mass is 16.4. The van der Waals surface area contributed by atoms with Gasteiger partial charge in [0.25, 0.3) is 0 Å². The average molecular weight is 1440 g/mol. The van der Waals surface area contributed by atoms with Gasteiger partial charge in [0.1, 0.15) is 22.1 Å². The number of rotatable bonds is 11. The van der Waals surface area contributed by atoms with Crippen molar-refractivity contribution in [3.8, 4) is 102 Å². The average Bonchev–Trinajstić information content (AvgIpc) is 1.66. The molecule has 522 valence electrons. The van der Waals surface area contributed by atoms with Crippen molar-refractivity contribution in [2.24, 2.45) is 0 Å². The van der Waals surface area contributed by atoms with E-state index in [1.165, 1.54) is 43.6 Å². The van der Waals surface area contributed by atoms with Crippen molar-refractivity contribution >= 4 is 132 Å². The Morgan fingerprint density at radius 2 is 0.562 bits per heavy atom. The molecule has 0 radical (unpaired) electrons. The van der Waals surface area contributed by atoms with Gasteiger partial charge in [-0.2, -0.15) is 0 Å². The number of hydrogen-bond donors (Lipinski definition) is 0. The molecule has 0 aliphatic carbocycles. The minimum atomic E-state index is 0.503. The Hall–Kier alpha value is -15.4. The van der Waals surface area contributed by atoms with Crippen LogP contribution in [0.4, 0.5) is 0 Å². The summed E-state index contributed by atoms with van der Waals surface area (Å²) in [6, 6.07) is 124. The fraction of sp³-hybridized carbons (Fsp3) is 0. The van der Waals surface area contributed by atoms with Gasteiger partial charge in [0, 0.05) is 99.2 Å². The molecule has 16 aromatic carbocycles. The summed E-state index contributed by atoms with van der Waals surface area (Å²) in [6.07, 6.45) is 0. The monoisotopic (exact) mass is 1430 g/mol. The smallest absolute Gasteiger partial charge is 0.227 e. The van der Waals surface area contributed by atoms with Crippen LogP contribution in [0.15, 0.2) is 370 Å².